The normalized spacial score (nSPS) is 11.5. The van der Waals surface area contributed by atoms with Crippen LogP contribution in [0.25, 0.3) is 97.1 Å². The minimum atomic E-state index is 0.709. The summed E-state index contributed by atoms with van der Waals surface area (Å²) < 4.78 is 3.63. The highest BCUT2D eigenvalue weighted by Gasteiger charge is 2.19. The number of rotatable bonds is 6. The molecule has 244 valence electrons. The lowest BCUT2D eigenvalue weighted by molar-refractivity contribution is 1.19. The minimum absolute atomic E-state index is 0.709. The molecule has 10 aromatic rings. The summed E-state index contributed by atoms with van der Waals surface area (Å²) in [6, 6.07) is 61.9. The molecule has 7 aromatic carbocycles. The van der Waals surface area contributed by atoms with Gasteiger partial charge in [-0.25, -0.2) is 15.0 Å². The number of thiazole rings is 1. The van der Waals surface area contributed by atoms with Gasteiger partial charge in [-0.2, -0.15) is 0 Å². The number of hydrogen-bond donors (Lipinski definition) is 0. The second kappa shape index (κ2) is 12.8. The van der Waals surface area contributed by atoms with Crippen LogP contribution >= 0.6 is 22.7 Å². The van der Waals surface area contributed by atoms with Crippen molar-refractivity contribution in [1.29, 1.82) is 0 Å². The highest BCUT2D eigenvalue weighted by atomic mass is 32.1. The summed E-state index contributed by atoms with van der Waals surface area (Å²) in [6.07, 6.45) is 0. The third kappa shape index (κ3) is 5.48. The van der Waals surface area contributed by atoms with Crippen LogP contribution in [0.2, 0.25) is 0 Å². The lowest BCUT2D eigenvalue weighted by Gasteiger charge is -2.12. The summed E-state index contributed by atoms with van der Waals surface area (Å²) >= 11 is 3.56. The van der Waals surface area contributed by atoms with E-state index >= 15 is 0 Å². The molecule has 0 fully saturated rings. The quantitative estimate of drug-likeness (QED) is 0.173. The van der Waals surface area contributed by atoms with Gasteiger partial charge in [0.25, 0.3) is 0 Å². The van der Waals surface area contributed by atoms with Crippen LogP contribution in [-0.4, -0.2) is 15.0 Å². The van der Waals surface area contributed by atoms with Gasteiger partial charge in [0.1, 0.15) is 5.01 Å². The summed E-state index contributed by atoms with van der Waals surface area (Å²) in [4.78, 5) is 15.7. The molecule has 0 saturated carbocycles. The van der Waals surface area contributed by atoms with Crippen LogP contribution in [0.3, 0.4) is 0 Å². The van der Waals surface area contributed by atoms with Crippen molar-refractivity contribution < 1.29 is 0 Å². The van der Waals surface area contributed by atoms with Crippen molar-refractivity contribution in [2.75, 3.05) is 0 Å². The van der Waals surface area contributed by atoms with Crippen LogP contribution in [-0.2, 0) is 0 Å². The standard InChI is InChI=1S/C47H29N3S2/c1-3-12-30(13-4-1)32-24-26-33(27-25-32)40-29-41(35-17-9-16-34(28-35)31-14-5-2-6-15-31)49-46(48-40)37-19-11-23-43-44(37)36-18-10-20-38(45(36)51-43)47-50-39-21-7-8-22-42(39)52-47/h1-29H. The smallest absolute Gasteiger partial charge is 0.161 e. The number of fused-ring (bicyclic) bond motifs is 4. The molecule has 0 aliphatic carbocycles. The average Bonchev–Trinajstić information content (AvgIpc) is 3.84. The van der Waals surface area contributed by atoms with Crippen molar-refractivity contribution in [3.8, 4) is 66.7 Å². The van der Waals surface area contributed by atoms with E-state index in [1.54, 1.807) is 11.3 Å². The van der Waals surface area contributed by atoms with Gasteiger partial charge in [-0.15, -0.1) is 22.7 Å². The van der Waals surface area contributed by atoms with Gasteiger partial charge in [-0.1, -0.05) is 146 Å². The maximum absolute atomic E-state index is 5.33. The zero-order chi connectivity index (χ0) is 34.4. The van der Waals surface area contributed by atoms with E-state index in [0.717, 1.165) is 49.7 Å². The Kier molecular flexibility index (Phi) is 7.52. The predicted molar refractivity (Wildman–Crippen MR) is 221 cm³/mol. The van der Waals surface area contributed by atoms with Crippen molar-refractivity contribution >= 4 is 53.1 Å². The molecule has 0 unspecified atom stereocenters. The molecular weight excluding hydrogens is 671 g/mol. The van der Waals surface area contributed by atoms with Crippen LogP contribution in [0.5, 0.6) is 0 Å². The summed E-state index contributed by atoms with van der Waals surface area (Å²) in [7, 11) is 0. The second-order valence-electron chi connectivity index (χ2n) is 12.8. The third-order valence-electron chi connectivity index (χ3n) is 9.57. The van der Waals surface area contributed by atoms with Crippen molar-refractivity contribution in [3.63, 3.8) is 0 Å². The number of para-hydroxylation sites is 1. The van der Waals surface area contributed by atoms with Gasteiger partial charge in [0.05, 0.1) is 21.6 Å². The summed E-state index contributed by atoms with van der Waals surface area (Å²) in [5.41, 5.74) is 11.8. The first-order chi connectivity index (χ1) is 25.7. The van der Waals surface area contributed by atoms with E-state index in [1.165, 1.54) is 41.6 Å². The first kappa shape index (κ1) is 30.5. The first-order valence-electron chi connectivity index (χ1n) is 17.3. The lowest BCUT2D eigenvalue weighted by Crippen LogP contribution is -1.96. The number of nitrogens with zero attached hydrogens (tertiary/aromatic N) is 3. The van der Waals surface area contributed by atoms with Gasteiger partial charge in [0, 0.05) is 42.4 Å². The first-order valence-corrected chi connectivity index (χ1v) is 18.9. The molecule has 0 saturated heterocycles. The maximum Gasteiger partial charge on any atom is 0.161 e. The van der Waals surface area contributed by atoms with Crippen molar-refractivity contribution in [3.05, 3.63) is 176 Å². The molecule has 0 spiro atoms. The minimum Gasteiger partial charge on any atom is -0.236 e. The van der Waals surface area contributed by atoms with Gasteiger partial charge in [-0.05, 0) is 52.6 Å². The molecule has 3 heterocycles. The van der Waals surface area contributed by atoms with Gasteiger partial charge in [-0.3, -0.25) is 0 Å². The third-order valence-corrected chi connectivity index (χ3v) is 11.8. The highest BCUT2D eigenvalue weighted by Crippen LogP contribution is 2.45. The Morgan fingerprint density at radius 2 is 0.942 bits per heavy atom. The van der Waals surface area contributed by atoms with Crippen LogP contribution in [0, 0.1) is 0 Å². The fourth-order valence-electron chi connectivity index (χ4n) is 7.01. The second-order valence-corrected chi connectivity index (χ2v) is 14.9. The Bertz CT molecular complexity index is 2860. The lowest BCUT2D eigenvalue weighted by atomic mass is 9.99. The molecular formula is C47H29N3S2. The summed E-state index contributed by atoms with van der Waals surface area (Å²) in [5, 5.41) is 3.41. The number of benzene rings is 7. The fourth-order valence-corrected chi connectivity index (χ4v) is 9.31. The Hall–Kier alpha value is -6.27. The van der Waals surface area contributed by atoms with E-state index in [0.29, 0.717) is 5.82 Å². The molecule has 0 bridgehead atoms. The Morgan fingerprint density at radius 1 is 0.365 bits per heavy atom. The van der Waals surface area contributed by atoms with Crippen molar-refractivity contribution in [1.82, 2.24) is 15.0 Å². The monoisotopic (exact) mass is 699 g/mol. The molecule has 3 aromatic heterocycles. The Morgan fingerprint density at radius 3 is 1.73 bits per heavy atom. The van der Waals surface area contributed by atoms with Crippen molar-refractivity contribution in [2.24, 2.45) is 0 Å². The van der Waals surface area contributed by atoms with E-state index in [9.17, 15) is 0 Å². The highest BCUT2D eigenvalue weighted by molar-refractivity contribution is 7.27. The number of hydrogen-bond acceptors (Lipinski definition) is 5. The Labute approximate surface area is 309 Å². The molecule has 3 nitrogen and oxygen atoms in total. The molecule has 0 aliphatic rings. The van der Waals surface area contributed by atoms with Gasteiger partial charge in [0.2, 0.25) is 0 Å². The van der Waals surface area contributed by atoms with Crippen LogP contribution < -0.4 is 0 Å². The summed E-state index contributed by atoms with van der Waals surface area (Å²) in [6.45, 7) is 0. The summed E-state index contributed by atoms with van der Waals surface area (Å²) in [5.74, 6) is 0.709. The molecule has 52 heavy (non-hydrogen) atoms. The molecule has 0 radical (unpaired) electrons. The van der Waals surface area contributed by atoms with Crippen LogP contribution in [0.15, 0.2) is 176 Å². The van der Waals surface area contributed by atoms with Crippen LogP contribution in [0.1, 0.15) is 0 Å². The fraction of sp³-hybridized carbons (Fsp3) is 0. The average molecular weight is 700 g/mol. The topological polar surface area (TPSA) is 38.7 Å². The zero-order valence-corrected chi connectivity index (χ0v) is 29.5. The predicted octanol–water partition coefficient (Wildman–Crippen LogP) is 13.5. The molecule has 5 heteroatoms. The van der Waals surface area contributed by atoms with E-state index in [1.807, 2.05) is 17.4 Å². The number of aromatic nitrogens is 3. The van der Waals surface area contributed by atoms with Crippen molar-refractivity contribution in [2.45, 2.75) is 0 Å². The van der Waals surface area contributed by atoms with Gasteiger partial charge >= 0.3 is 0 Å². The largest absolute Gasteiger partial charge is 0.236 e. The molecule has 0 atom stereocenters. The van der Waals surface area contributed by atoms with Crippen LogP contribution in [0.4, 0.5) is 0 Å². The zero-order valence-electron chi connectivity index (χ0n) is 27.9. The van der Waals surface area contributed by atoms with E-state index in [2.05, 4.69) is 170 Å². The maximum atomic E-state index is 5.33. The van der Waals surface area contributed by atoms with Gasteiger partial charge < -0.3 is 0 Å². The Balaban J connectivity index is 1.16. The van der Waals surface area contributed by atoms with E-state index in [-0.39, 0.29) is 0 Å². The molecule has 0 aliphatic heterocycles. The molecule has 0 amide bonds. The van der Waals surface area contributed by atoms with Gasteiger partial charge in [0.15, 0.2) is 5.82 Å². The SMILES string of the molecule is c1ccc(-c2ccc(-c3cc(-c4cccc(-c5ccccc5)c4)nc(-c4cccc5sc6c(-c7nc8ccccc8s7)cccc6c45)n3)cc2)cc1. The molecule has 10 rings (SSSR count). The molecule has 0 N–H and O–H groups in total. The van der Waals surface area contributed by atoms with E-state index in [4.69, 9.17) is 15.0 Å². The number of thiophene rings is 1. The van der Waals surface area contributed by atoms with E-state index < -0.39 is 0 Å².